The lowest BCUT2D eigenvalue weighted by Gasteiger charge is -2.37. The second kappa shape index (κ2) is 16.3. The number of esters is 1. The first-order valence-corrected chi connectivity index (χ1v) is 16.1. The standard InChI is InChI=1S/C34H52N2O5/c1-4-27-21-30-23-29-13-11-12-28(39-29)20-25(2)15-16-26(3)32(41-33(37)24-31(22-27)40-30)14-7-5-6-8-17-35-34(38)36-18-9-10-19-36/h4-7,14-16,25-26,28-32H,8-13,17-24H2,1-3H3,(H,35,38)/b6-5-,14-7+,16-15+,27-4-. The molecule has 4 bridgehead atoms. The van der Waals surface area contributed by atoms with Gasteiger partial charge in [0, 0.05) is 32.0 Å². The van der Waals surface area contributed by atoms with Crippen molar-refractivity contribution < 1.29 is 23.8 Å². The van der Waals surface area contributed by atoms with E-state index in [0.29, 0.717) is 12.5 Å². The van der Waals surface area contributed by atoms with Crippen molar-refractivity contribution in [1.29, 1.82) is 0 Å². The smallest absolute Gasteiger partial charge is 0.317 e. The zero-order valence-corrected chi connectivity index (χ0v) is 25.5. The van der Waals surface area contributed by atoms with Gasteiger partial charge in [-0.15, -0.1) is 0 Å². The number of amides is 2. The summed E-state index contributed by atoms with van der Waals surface area (Å²) in [5.74, 6) is 0.198. The Morgan fingerprint density at radius 3 is 2.46 bits per heavy atom. The topological polar surface area (TPSA) is 77.1 Å². The van der Waals surface area contributed by atoms with E-state index in [2.05, 4.69) is 44.3 Å². The van der Waals surface area contributed by atoms with E-state index in [-0.39, 0.29) is 54.9 Å². The van der Waals surface area contributed by atoms with Gasteiger partial charge in [-0.1, -0.05) is 55.9 Å². The third-order valence-corrected chi connectivity index (χ3v) is 8.82. The van der Waals surface area contributed by atoms with E-state index in [4.69, 9.17) is 14.2 Å². The number of hydrogen-bond acceptors (Lipinski definition) is 5. The van der Waals surface area contributed by atoms with Crippen LogP contribution in [-0.2, 0) is 19.0 Å². The molecule has 3 fully saturated rings. The second-order valence-electron chi connectivity index (χ2n) is 12.4. The third-order valence-electron chi connectivity index (χ3n) is 8.82. The monoisotopic (exact) mass is 568 g/mol. The molecule has 7 unspecified atom stereocenters. The highest BCUT2D eigenvalue weighted by atomic mass is 16.5. The number of allylic oxidation sites excluding steroid dienone is 4. The van der Waals surface area contributed by atoms with Crippen molar-refractivity contribution in [3.05, 3.63) is 48.1 Å². The number of hydrogen-bond donors (Lipinski definition) is 1. The van der Waals surface area contributed by atoms with E-state index < -0.39 is 0 Å². The van der Waals surface area contributed by atoms with Gasteiger partial charge in [0.1, 0.15) is 6.10 Å². The molecule has 0 aromatic heterocycles. The number of urea groups is 1. The average Bonchev–Trinajstić information content (AvgIpc) is 3.49. The van der Waals surface area contributed by atoms with Crippen LogP contribution in [-0.4, -0.2) is 67.1 Å². The summed E-state index contributed by atoms with van der Waals surface area (Å²) in [6.45, 7) is 8.75. The van der Waals surface area contributed by atoms with Crippen LogP contribution in [0.1, 0.15) is 91.4 Å². The number of carbonyl (C=O) groups excluding carboxylic acids is 2. The van der Waals surface area contributed by atoms with Crippen LogP contribution in [0, 0.1) is 11.8 Å². The normalized spacial score (nSPS) is 35.6. The summed E-state index contributed by atoms with van der Waals surface area (Å²) in [7, 11) is 0. The predicted molar refractivity (Wildman–Crippen MR) is 162 cm³/mol. The molecule has 0 aromatic rings. The number of nitrogens with one attached hydrogen (secondary N) is 1. The van der Waals surface area contributed by atoms with Crippen molar-refractivity contribution >= 4 is 12.0 Å². The van der Waals surface area contributed by atoms with Crippen LogP contribution in [0.5, 0.6) is 0 Å². The number of fused-ring (bicyclic) bond motifs is 4. The van der Waals surface area contributed by atoms with Crippen molar-refractivity contribution in [1.82, 2.24) is 10.2 Å². The summed E-state index contributed by atoms with van der Waals surface area (Å²) in [5.41, 5.74) is 1.36. The molecule has 0 radical (unpaired) electrons. The van der Waals surface area contributed by atoms with Crippen molar-refractivity contribution in [3.8, 4) is 0 Å². The fourth-order valence-electron chi connectivity index (χ4n) is 6.47. The molecule has 4 aliphatic heterocycles. The first-order valence-electron chi connectivity index (χ1n) is 16.1. The summed E-state index contributed by atoms with van der Waals surface area (Å²) in [4.78, 5) is 27.1. The summed E-state index contributed by atoms with van der Waals surface area (Å²) < 4.78 is 19.1. The van der Waals surface area contributed by atoms with Gasteiger partial charge < -0.3 is 24.4 Å². The molecule has 41 heavy (non-hydrogen) atoms. The number of ether oxygens (including phenoxy) is 3. The largest absolute Gasteiger partial charge is 0.457 e. The minimum atomic E-state index is -0.366. The average molecular weight is 569 g/mol. The zero-order valence-electron chi connectivity index (χ0n) is 25.5. The van der Waals surface area contributed by atoms with Crippen LogP contribution in [0.3, 0.4) is 0 Å². The molecule has 2 amide bonds. The summed E-state index contributed by atoms with van der Waals surface area (Å²) in [6.07, 6.45) is 24.8. The number of nitrogens with zero attached hydrogens (tertiary/aromatic N) is 1. The first kappa shape index (κ1) is 31.6. The minimum absolute atomic E-state index is 0.0314. The Balaban J connectivity index is 1.38. The fraction of sp³-hybridized carbons (Fsp3) is 0.706. The third kappa shape index (κ3) is 10.4. The van der Waals surface area contributed by atoms with E-state index in [1.54, 1.807) is 0 Å². The molecule has 0 aromatic carbocycles. The lowest BCUT2D eigenvalue weighted by Crippen LogP contribution is -2.38. The molecule has 7 heteroatoms. The maximum Gasteiger partial charge on any atom is 0.317 e. The Morgan fingerprint density at radius 1 is 0.951 bits per heavy atom. The number of carbonyl (C=O) groups is 2. The fourth-order valence-corrected chi connectivity index (χ4v) is 6.47. The molecule has 0 saturated carbocycles. The van der Waals surface area contributed by atoms with Gasteiger partial charge in [0.15, 0.2) is 0 Å². The Kier molecular flexibility index (Phi) is 12.6. The molecule has 1 N–H and O–H groups in total. The molecule has 0 aliphatic carbocycles. The van der Waals surface area contributed by atoms with Gasteiger partial charge in [0.2, 0.25) is 0 Å². The molecule has 7 nitrogen and oxygen atoms in total. The van der Waals surface area contributed by atoms with Crippen LogP contribution in [0.25, 0.3) is 0 Å². The van der Waals surface area contributed by atoms with Gasteiger partial charge in [0.25, 0.3) is 0 Å². The summed E-state index contributed by atoms with van der Waals surface area (Å²) >= 11 is 0. The molecule has 4 rings (SSSR count). The van der Waals surface area contributed by atoms with Crippen LogP contribution < -0.4 is 5.32 Å². The minimum Gasteiger partial charge on any atom is -0.457 e. The number of likely N-dealkylation sites (tertiary alicyclic amines) is 1. The molecular formula is C34H52N2O5. The van der Waals surface area contributed by atoms with Gasteiger partial charge in [-0.25, -0.2) is 4.79 Å². The quantitative estimate of drug-likeness (QED) is 0.174. The highest BCUT2D eigenvalue weighted by Crippen LogP contribution is 2.33. The molecule has 228 valence electrons. The lowest BCUT2D eigenvalue weighted by atomic mass is 9.90. The molecule has 4 heterocycles. The highest BCUT2D eigenvalue weighted by molar-refractivity contribution is 5.74. The maximum absolute atomic E-state index is 13.1. The SMILES string of the molecule is C/C=C1\CC2CC(=O)OC(/C=C/C=C\CCNC(=O)N3CCCC3)C(C)/C=C/C(C)CC3CCCC(CC(C1)O2)O3. The van der Waals surface area contributed by atoms with Crippen LogP contribution in [0.15, 0.2) is 48.1 Å². The first-order chi connectivity index (χ1) is 19.9. The molecule has 0 spiro atoms. The van der Waals surface area contributed by atoms with Gasteiger partial charge in [0.05, 0.1) is 30.8 Å². The summed E-state index contributed by atoms with van der Waals surface area (Å²) in [6, 6.07) is 0.0314. The Bertz CT molecular complexity index is 966. The van der Waals surface area contributed by atoms with Gasteiger partial charge >= 0.3 is 12.0 Å². The Labute approximate surface area is 247 Å². The number of rotatable bonds is 5. The van der Waals surface area contributed by atoms with Gasteiger partial charge in [-0.2, -0.15) is 0 Å². The molecule has 4 aliphatic rings. The molecular weight excluding hydrogens is 516 g/mol. The van der Waals surface area contributed by atoms with E-state index in [1.807, 2.05) is 29.2 Å². The Morgan fingerprint density at radius 2 is 1.68 bits per heavy atom. The summed E-state index contributed by atoms with van der Waals surface area (Å²) in [5, 5.41) is 2.99. The van der Waals surface area contributed by atoms with Crippen molar-refractivity contribution in [2.75, 3.05) is 19.6 Å². The number of cyclic esters (lactones) is 1. The van der Waals surface area contributed by atoms with Crippen molar-refractivity contribution in [3.63, 3.8) is 0 Å². The van der Waals surface area contributed by atoms with Crippen LogP contribution >= 0.6 is 0 Å². The predicted octanol–water partition coefficient (Wildman–Crippen LogP) is 6.65. The maximum atomic E-state index is 13.1. The molecule has 7 atom stereocenters. The van der Waals surface area contributed by atoms with Gasteiger partial charge in [-0.05, 0) is 76.7 Å². The highest BCUT2D eigenvalue weighted by Gasteiger charge is 2.32. The van der Waals surface area contributed by atoms with Crippen molar-refractivity contribution in [2.24, 2.45) is 11.8 Å². The van der Waals surface area contributed by atoms with Gasteiger partial charge in [-0.3, -0.25) is 4.79 Å². The van der Waals surface area contributed by atoms with Crippen LogP contribution in [0.4, 0.5) is 4.79 Å². The molecule has 3 saturated heterocycles. The Hall–Kier alpha value is -2.38. The van der Waals surface area contributed by atoms with E-state index >= 15 is 0 Å². The van der Waals surface area contributed by atoms with E-state index in [9.17, 15) is 9.59 Å². The van der Waals surface area contributed by atoms with E-state index in [1.165, 1.54) is 12.0 Å². The van der Waals surface area contributed by atoms with Crippen LogP contribution in [0.2, 0.25) is 0 Å². The van der Waals surface area contributed by atoms with E-state index in [0.717, 1.165) is 70.9 Å². The zero-order chi connectivity index (χ0) is 29.0. The lowest BCUT2D eigenvalue weighted by molar-refractivity contribution is -0.154. The second-order valence-corrected chi connectivity index (χ2v) is 12.4. The van der Waals surface area contributed by atoms with Crippen molar-refractivity contribution in [2.45, 2.75) is 122 Å².